The predicted molar refractivity (Wildman–Crippen MR) is 48.9 cm³/mol. The van der Waals surface area contributed by atoms with Crippen molar-refractivity contribution in [2.24, 2.45) is 0 Å². The third-order valence-electron chi connectivity index (χ3n) is 0.521. The van der Waals surface area contributed by atoms with Crippen LogP contribution in [0.4, 0.5) is 0 Å². The summed E-state index contributed by atoms with van der Waals surface area (Å²) in [6, 6.07) is 0. The van der Waals surface area contributed by atoms with Crippen molar-refractivity contribution < 1.29 is 25.6 Å². The normalized spacial score (nSPS) is 14.5. The van der Waals surface area contributed by atoms with Crippen LogP contribution in [-0.4, -0.2) is 27.0 Å². The van der Waals surface area contributed by atoms with Gasteiger partial charge in [0.05, 0.1) is 5.60 Å². The molecule has 0 aliphatic heterocycles. The van der Waals surface area contributed by atoms with E-state index in [0.29, 0.717) is 0 Å². The van der Waals surface area contributed by atoms with Crippen LogP contribution < -0.4 is 0 Å². The van der Waals surface area contributed by atoms with Gasteiger partial charge in [-0.25, -0.2) is 0 Å². The lowest BCUT2D eigenvalue weighted by atomic mass is 10.2. The fourth-order valence-electron chi connectivity index (χ4n) is 0.425. The van der Waals surface area contributed by atoms with Gasteiger partial charge >= 0.3 is 18.3 Å². The van der Waals surface area contributed by atoms with Crippen LogP contribution >= 0.6 is 9.83 Å². The van der Waals surface area contributed by atoms with E-state index in [2.05, 4.69) is 4.18 Å². The second kappa shape index (κ2) is 3.73. The van der Waals surface area contributed by atoms with Gasteiger partial charge in [-0.3, -0.25) is 8.74 Å². The molecule has 0 heterocycles. The summed E-state index contributed by atoms with van der Waals surface area (Å²) < 4.78 is 54.7. The summed E-state index contributed by atoms with van der Waals surface area (Å²) in [5, 5.41) is 0. The molecule has 0 aromatic rings. The van der Waals surface area contributed by atoms with Gasteiger partial charge < -0.3 is 0 Å². The molecule has 0 aliphatic rings. The van der Waals surface area contributed by atoms with Gasteiger partial charge in [-0.2, -0.15) is 16.8 Å². The van der Waals surface area contributed by atoms with Crippen LogP contribution in [0.25, 0.3) is 0 Å². The molecule has 9 heteroatoms. The van der Waals surface area contributed by atoms with Crippen LogP contribution in [0.5, 0.6) is 0 Å². The molecule has 1 N–H and O–H groups in total. The van der Waals surface area contributed by atoms with E-state index in [4.69, 9.17) is 4.55 Å². The molecule has 0 radical (unpaired) electrons. The fraction of sp³-hybridized carbons (Fsp3) is 1.00. The van der Waals surface area contributed by atoms with Crippen LogP contribution in [0.15, 0.2) is 0 Å². The van der Waals surface area contributed by atoms with Crippen LogP contribution in [0.3, 0.4) is 0 Å². The average Bonchev–Trinajstić information content (AvgIpc) is 1.43. The molecular weight excluding hydrogens is 240 g/mol. The van der Waals surface area contributed by atoms with Crippen molar-refractivity contribution in [2.75, 3.05) is 0 Å². The van der Waals surface area contributed by atoms with Crippen molar-refractivity contribution in [1.29, 1.82) is 0 Å². The van der Waals surface area contributed by atoms with Crippen molar-refractivity contribution in [3.8, 4) is 0 Å². The van der Waals surface area contributed by atoms with Crippen molar-refractivity contribution in [2.45, 2.75) is 26.4 Å². The first kappa shape index (κ1) is 13.2. The van der Waals surface area contributed by atoms with Gasteiger partial charge in [0.1, 0.15) is 0 Å². The van der Waals surface area contributed by atoms with Crippen molar-refractivity contribution in [3.05, 3.63) is 0 Å². The van der Waals surface area contributed by atoms with Crippen molar-refractivity contribution in [3.63, 3.8) is 0 Å². The van der Waals surface area contributed by atoms with E-state index in [1.54, 1.807) is 0 Å². The summed E-state index contributed by atoms with van der Waals surface area (Å²) in [5.74, 6) is 0. The van der Waals surface area contributed by atoms with Crippen molar-refractivity contribution in [1.82, 2.24) is 0 Å². The summed E-state index contributed by atoms with van der Waals surface area (Å²) in [4.78, 5) is 0. The lowest BCUT2D eigenvalue weighted by Crippen LogP contribution is -2.22. The highest BCUT2D eigenvalue weighted by Crippen LogP contribution is 2.25. The molecule has 0 saturated carbocycles. The van der Waals surface area contributed by atoms with Crippen LogP contribution in [-0.2, 0) is 22.5 Å². The molecule has 80 valence electrons. The largest absolute Gasteiger partial charge is 0.339 e. The predicted octanol–water partition coefficient (Wildman–Crippen LogP) is 0.582. The molecule has 0 rings (SSSR count). The Balaban J connectivity index is 4.65. The zero-order chi connectivity index (χ0) is 10.9. The first-order valence-electron chi connectivity index (χ1n) is 3.05. The van der Waals surface area contributed by atoms with E-state index in [9.17, 15) is 16.8 Å². The maximum atomic E-state index is 10.9. The summed E-state index contributed by atoms with van der Waals surface area (Å²) in [6.45, 7) is 4.32. The molecule has 0 aliphatic carbocycles. The average molecular weight is 250 g/mol. The molecule has 0 aromatic heterocycles. The molecule has 0 aromatic carbocycles. The van der Waals surface area contributed by atoms with Gasteiger partial charge in [0.2, 0.25) is 0 Å². The standard InChI is InChI=1S/C4H10O6S3/c1-4(2,3)10-13(8,9)11-12(5,6)7/h1-3H3,(H,5,6,7). The van der Waals surface area contributed by atoms with Crippen molar-refractivity contribution >= 4 is 28.1 Å². The highest BCUT2D eigenvalue weighted by atomic mass is 33.5. The second-order valence-corrected chi connectivity index (χ2v) is 9.20. The van der Waals surface area contributed by atoms with E-state index in [1.165, 1.54) is 20.8 Å². The van der Waals surface area contributed by atoms with Gasteiger partial charge in [-0.15, -0.1) is 0 Å². The van der Waals surface area contributed by atoms with Gasteiger partial charge in [0, 0.05) is 0 Å². The Kier molecular flexibility index (Phi) is 3.78. The third kappa shape index (κ3) is 8.50. The second-order valence-electron chi connectivity index (χ2n) is 3.10. The Morgan fingerprint density at radius 1 is 1.15 bits per heavy atom. The SMILES string of the molecule is CC(C)(C)OS(=O)(=O)SS(=O)(=O)O. The third-order valence-corrected chi connectivity index (χ3v) is 5.83. The summed E-state index contributed by atoms with van der Waals surface area (Å²) in [7, 11) is -9.61. The lowest BCUT2D eigenvalue weighted by Gasteiger charge is -2.16. The molecule has 0 saturated heterocycles. The first-order valence-corrected chi connectivity index (χ1v) is 7.75. The summed E-state index contributed by atoms with van der Waals surface area (Å²) >= 11 is 0. The Morgan fingerprint density at radius 2 is 1.54 bits per heavy atom. The van der Waals surface area contributed by atoms with E-state index >= 15 is 0 Å². The van der Waals surface area contributed by atoms with E-state index in [1.807, 2.05) is 0 Å². The Morgan fingerprint density at radius 3 is 1.77 bits per heavy atom. The maximum absolute atomic E-state index is 10.9. The Labute approximate surface area is 80.3 Å². The van der Waals surface area contributed by atoms with Crippen LogP contribution in [0.1, 0.15) is 20.8 Å². The van der Waals surface area contributed by atoms with Crippen LogP contribution in [0, 0.1) is 0 Å². The Bertz CT molecular complexity index is 357. The zero-order valence-electron chi connectivity index (χ0n) is 7.21. The molecule has 0 amide bonds. The van der Waals surface area contributed by atoms with E-state index in [-0.39, 0.29) is 0 Å². The van der Waals surface area contributed by atoms with Gasteiger partial charge in [0.25, 0.3) is 0 Å². The highest BCUT2D eigenvalue weighted by Gasteiger charge is 2.28. The topological polar surface area (TPSA) is 97.7 Å². The molecule has 0 unspecified atom stereocenters. The number of hydrogen-bond acceptors (Lipinski definition) is 6. The molecule has 0 spiro atoms. The monoisotopic (exact) mass is 250 g/mol. The number of rotatable bonds is 3. The number of hydrogen-bond donors (Lipinski definition) is 1. The minimum atomic E-state index is -4.65. The van der Waals surface area contributed by atoms with Crippen LogP contribution in [0.2, 0.25) is 0 Å². The lowest BCUT2D eigenvalue weighted by molar-refractivity contribution is 0.145. The smallest absolute Gasteiger partial charge is 0.276 e. The van der Waals surface area contributed by atoms with Gasteiger partial charge in [-0.05, 0) is 20.8 Å². The minimum absolute atomic E-state index is 0.636. The highest BCUT2D eigenvalue weighted by molar-refractivity contribution is 9.02. The fourth-order valence-corrected chi connectivity index (χ4v) is 4.75. The Hall–Kier alpha value is 0.170. The van der Waals surface area contributed by atoms with Gasteiger partial charge in [-0.1, -0.05) is 0 Å². The summed E-state index contributed by atoms with van der Waals surface area (Å²) in [6.07, 6.45) is 0. The molecule has 0 fully saturated rings. The quantitative estimate of drug-likeness (QED) is 0.578. The molecule has 0 bridgehead atoms. The zero-order valence-corrected chi connectivity index (χ0v) is 9.66. The summed E-state index contributed by atoms with van der Waals surface area (Å²) in [5.41, 5.74) is -1.03. The molecular formula is C4H10O6S3. The molecule has 13 heavy (non-hydrogen) atoms. The molecule has 6 nitrogen and oxygen atoms in total. The minimum Gasteiger partial charge on any atom is -0.276 e. The maximum Gasteiger partial charge on any atom is 0.339 e. The first-order chi connectivity index (χ1) is 5.41. The van der Waals surface area contributed by atoms with Gasteiger partial charge in [0.15, 0.2) is 9.83 Å². The van der Waals surface area contributed by atoms with E-state index < -0.39 is 33.7 Å². The molecule has 0 atom stereocenters. The van der Waals surface area contributed by atoms with E-state index in [0.717, 1.165) is 0 Å².